The molecule has 2 nitrogen and oxygen atoms in total. The van der Waals surface area contributed by atoms with Crippen molar-refractivity contribution in [2.45, 2.75) is 44.9 Å². The van der Waals surface area contributed by atoms with E-state index in [4.69, 9.17) is 0 Å². The molecule has 1 aliphatic carbocycles. The van der Waals surface area contributed by atoms with Crippen molar-refractivity contribution in [3.8, 4) is 0 Å². The van der Waals surface area contributed by atoms with Gasteiger partial charge in [0.05, 0.1) is 5.51 Å². The second kappa shape index (κ2) is 5.40. The zero-order chi connectivity index (χ0) is 10.5. The predicted molar refractivity (Wildman–Crippen MR) is 62.3 cm³/mol. The van der Waals surface area contributed by atoms with Gasteiger partial charge < -0.3 is 0 Å². The molecule has 1 heterocycles. The summed E-state index contributed by atoms with van der Waals surface area (Å²) in [5.41, 5.74) is 2.43. The maximum absolute atomic E-state index is 12.1. The van der Waals surface area contributed by atoms with Crippen LogP contribution in [0.1, 0.15) is 55.4 Å². The lowest BCUT2D eigenvalue weighted by Crippen LogP contribution is -2.16. The van der Waals surface area contributed by atoms with Crippen LogP contribution < -0.4 is 0 Å². The third-order valence-corrected chi connectivity index (χ3v) is 3.75. The van der Waals surface area contributed by atoms with Crippen LogP contribution in [0.25, 0.3) is 0 Å². The molecular formula is C12H17NOS. The number of rotatable bonds is 2. The van der Waals surface area contributed by atoms with Gasteiger partial charge in [0.2, 0.25) is 0 Å². The number of Topliss-reactive ketones (excluding diaryl/α,β-unsaturated/α-hetero) is 1. The van der Waals surface area contributed by atoms with Gasteiger partial charge in [-0.25, -0.2) is 4.98 Å². The summed E-state index contributed by atoms with van der Waals surface area (Å²) in [5, 5.41) is 1.88. The summed E-state index contributed by atoms with van der Waals surface area (Å²) < 4.78 is 0. The summed E-state index contributed by atoms with van der Waals surface area (Å²) in [6.07, 6.45) is 8.48. The molecule has 0 N–H and O–H groups in total. The molecule has 0 radical (unpaired) electrons. The fourth-order valence-electron chi connectivity index (χ4n) is 2.26. The van der Waals surface area contributed by atoms with Crippen LogP contribution >= 0.6 is 11.3 Å². The quantitative estimate of drug-likeness (QED) is 0.716. The van der Waals surface area contributed by atoms with Gasteiger partial charge in [0.25, 0.3) is 0 Å². The van der Waals surface area contributed by atoms with E-state index in [1.54, 1.807) is 5.51 Å². The minimum absolute atomic E-state index is 0.243. The molecule has 3 heteroatoms. The largest absolute Gasteiger partial charge is 0.292 e. The molecule has 0 aliphatic heterocycles. The molecule has 2 rings (SSSR count). The van der Waals surface area contributed by atoms with Gasteiger partial charge in [0.15, 0.2) is 5.78 Å². The molecule has 1 aromatic heterocycles. The summed E-state index contributed by atoms with van der Waals surface area (Å²) >= 11 is 1.51. The van der Waals surface area contributed by atoms with Gasteiger partial charge in [-0.1, -0.05) is 32.1 Å². The number of carbonyl (C=O) groups is 1. The van der Waals surface area contributed by atoms with E-state index in [0.29, 0.717) is 5.69 Å². The van der Waals surface area contributed by atoms with E-state index in [1.165, 1.54) is 43.4 Å². The molecule has 1 aromatic rings. The van der Waals surface area contributed by atoms with Gasteiger partial charge in [-0.3, -0.25) is 4.79 Å². The van der Waals surface area contributed by atoms with Crippen LogP contribution in [-0.2, 0) is 0 Å². The Bertz CT molecular complexity index is 299. The molecule has 1 saturated carbocycles. The summed E-state index contributed by atoms with van der Waals surface area (Å²) in [5.74, 6) is 0.519. The molecule has 1 aliphatic rings. The second-order valence-electron chi connectivity index (χ2n) is 4.28. The average molecular weight is 223 g/mol. The number of carbonyl (C=O) groups excluding carboxylic acids is 1. The number of ketones is 1. The second-order valence-corrected chi connectivity index (χ2v) is 5.00. The highest BCUT2D eigenvalue weighted by Gasteiger charge is 2.21. The lowest BCUT2D eigenvalue weighted by atomic mass is 9.87. The molecule has 0 atom stereocenters. The molecular weight excluding hydrogens is 206 g/mol. The van der Waals surface area contributed by atoms with E-state index >= 15 is 0 Å². The molecule has 0 unspecified atom stereocenters. The van der Waals surface area contributed by atoms with E-state index in [2.05, 4.69) is 4.98 Å². The average Bonchev–Trinajstić information content (AvgIpc) is 2.68. The Balaban J connectivity index is 1.98. The van der Waals surface area contributed by atoms with Gasteiger partial charge in [0.1, 0.15) is 5.69 Å². The van der Waals surface area contributed by atoms with Gasteiger partial charge >= 0.3 is 0 Å². The molecule has 0 saturated heterocycles. The van der Waals surface area contributed by atoms with E-state index in [9.17, 15) is 4.79 Å². The van der Waals surface area contributed by atoms with E-state index in [0.717, 1.165) is 12.8 Å². The predicted octanol–water partition coefficient (Wildman–Crippen LogP) is 3.69. The Labute approximate surface area is 94.7 Å². The maximum atomic E-state index is 12.1. The minimum Gasteiger partial charge on any atom is -0.292 e. The number of nitrogens with zero attached hydrogens (tertiary/aromatic N) is 1. The number of hydrogen-bond donors (Lipinski definition) is 0. The van der Waals surface area contributed by atoms with Crippen LogP contribution in [0.15, 0.2) is 10.9 Å². The van der Waals surface area contributed by atoms with Crippen LogP contribution in [0.2, 0.25) is 0 Å². The van der Waals surface area contributed by atoms with E-state index < -0.39 is 0 Å². The van der Waals surface area contributed by atoms with E-state index in [1.807, 2.05) is 5.38 Å². The first-order valence-electron chi connectivity index (χ1n) is 5.80. The first kappa shape index (κ1) is 10.8. The lowest BCUT2D eigenvalue weighted by molar-refractivity contribution is 0.0894. The van der Waals surface area contributed by atoms with Gasteiger partial charge in [-0.2, -0.15) is 0 Å². The SMILES string of the molecule is O=C(c1cscn1)C1CCCCCCC1. The van der Waals surface area contributed by atoms with Gasteiger partial charge in [0, 0.05) is 11.3 Å². The van der Waals surface area contributed by atoms with Crippen LogP contribution in [0, 0.1) is 5.92 Å². The van der Waals surface area contributed by atoms with Crippen molar-refractivity contribution >= 4 is 17.1 Å². The molecule has 15 heavy (non-hydrogen) atoms. The fourth-order valence-corrected chi connectivity index (χ4v) is 2.80. The van der Waals surface area contributed by atoms with E-state index in [-0.39, 0.29) is 11.7 Å². The zero-order valence-corrected chi connectivity index (χ0v) is 9.76. The third-order valence-electron chi connectivity index (χ3n) is 3.16. The Morgan fingerprint density at radius 2 is 1.87 bits per heavy atom. The van der Waals surface area contributed by atoms with Gasteiger partial charge in [-0.05, 0) is 12.8 Å². The summed E-state index contributed by atoms with van der Waals surface area (Å²) in [7, 11) is 0. The molecule has 0 bridgehead atoms. The Morgan fingerprint density at radius 3 is 2.47 bits per heavy atom. The van der Waals surface area contributed by atoms with Crippen LogP contribution in [-0.4, -0.2) is 10.8 Å². The van der Waals surface area contributed by atoms with Crippen molar-refractivity contribution in [3.05, 3.63) is 16.6 Å². The summed E-state index contributed by atoms with van der Waals surface area (Å²) in [6.45, 7) is 0. The van der Waals surface area contributed by atoms with Crippen LogP contribution in [0.5, 0.6) is 0 Å². The monoisotopic (exact) mass is 223 g/mol. The van der Waals surface area contributed by atoms with Crippen molar-refractivity contribution in [3.63, 3.8) is 0 Å². The number of hydrogen-bond acceptors (Lipinski definition) is 3. The van der Waals surface area contributed by atoms with Gasteiger partial charge in [-0.15, -0.1) is 11.3 Å². The standard InChI is InChI=1S/C12H17NOS/c14-12(11-8-15-9-13-11)10-6-4-2-1-3-5-7-10/h8-10H,1-7H2. The minimum atomic E-state index is 0.243. The highest BCUT2D eigenvalue weighted by Crippen LogP contribution is 2.25. The number of aromatic nitrogens is 1. The normalized spacial score (nSPS) is 19.5. The van der Waals surface area contributed by atoms with Crippen LogP contribution in [0.3, 0.4) is 0 Å². The lowest BCUT2D eigenvalue weighted by Gasteiger charge is -2.17. The van der Waals surface area contributed by atoms with Crippen LogP contribution in [0.4, 0.5) is 0 Å². The topological polar surface area (TPSA) is 30.0 Å². The maximum Gasteiger partial charge on any atom is 0.185 e. The Morgan fingerprint density at radius 1 is 1.20 bits per heavy atom. The first-order valence-corrected chi connectivity index (χ1v) is 6.74. The zero-order valence-electron chi connectivity index (χ0n) is 8.95. The smallest absolute Gasteiger partial charge is 0.185 e. The molecule has 0 aromatic carbocycles. The fraction of sp³-hybridized carbons (Fsp3) is 0.667. The van der Waals surface area contributed by atoms with Crippen molar-refractivity contribution in [1.82, 2.24) is 4.98 Å². The molecule has 1 fully saturated rings. The van der Waals surface area contributed by atoms with Crippen molar-refractivity contribution in [2.24, 2.45) is 5.92 Å². The molecule has 82 valence electrons. The van der Waals surface area contributed by atoms with Crippen molar-refractivity contribution in [1.29, 1.82) is 0 Å². The third kappa shape index (κ3) is 2.88. The Hall–Kier alpha value is -0.700. The Kier molecular flexibility index (Phi) is 3.89. The first-order chi connectivity index (χ1) is 7.38. The summed E-state index contributed by atoms with van der Waals surface area (Å²) in [6, 6.07) is 0. The van der Waals surface area contributed by atoms with Crippen molar-refractivity contribution in [2.75, 3.05) is 0 Å². The number of thiazole rings is 1. The molecule has 0 amide bonds. The highest BCUT2D eigenvalue weighted by molar-refractivity contribution is 7.07. The molecule has 0 spiro atoms. The van der Waals surface area contributed by atoms with Crippen molar-refractivity contribution < 1.29 is 4.79 Å². The summed E-state index contributed by atoms with van der Waals surface area (Å²) in [4.78, 5) is 16.2. The highest BCUT2D eigenvalue weighted by atomic mass is 32.1.